The zero-order valence-corrected chi connectivity index (χ0v) is 14.9. The number of ketones is 1. The lowest BCUT2D eigenvalue weighted by atomic mass is 9.83. The second-order valence-corrected chi connectivity index (χ2v) is 7.23. The van der Waals surface area contributed by atoms with Crippen molar-refractivity contribution in [3.8, 4) is 16.9 Å². The molecule has 0 radical (unpaired) electrons. The van der Waals surface area contributed by atoms with E-state index in [9.17, 15) is 19.1 Å². The standard InChI is InChI=1S/C20H13F2NO3S/c1-10-7-8-11(9-13(10)24)14-15-16(25)20(22,12-5-3-2-4-6-12)19(26)23-18(15)27-17(14)21/h2-9,24H,1H3,(H,23,26). The number of aromatic hydroxyl groups is 1. The largest absolute Gasteiger partial charge is 0.508 e. The first-order valence-corrected chi connectivity index (χ1v) is 8.88. The van der Waals surface area contributed by atoms with Gasteiger partial charge >= 0.3 is 0 Å². The van der Waals surface area contributed by atoms with E-state index in [4.69, 9.17) is 0 Å². The number of alkyl halides is 1. The van der Waals surface area contributed by atoms with Crippen LogP contribution >= 0.6 is 11.3 Å². The Labute approximate surface area is 157 Å². The lowest BCUT2D eigenvalue weighted by molar-refractivity contribution is -0.125. The number of hydrogen-bond donors (Lipinski definition) is 2. The normalized spacial score (nSPS) is 18.9. The van der Waals surface area contributed by atoms with Gasteiger partial charge < -0.3 is 10.4 Å². The van der Waals surface area contributed by atoms with Crippen LogP contribution in [0.3, 0.4) is 0 Å². The number of rotatable bonds is 2. The zero-order chi connectivity index (χ0) is 19.3. The fourth-order valence-corrected chi connectivity index (χ4v) is 4.07. The Balaban J connectivity index is 1.94. The molecule has 1 aliphatic heterocycles. The molecular formula is C20H13F2NO3S. The Morgan fingerprint density at radius 1 is 1.07 bits per heavy atom. The molecule has 1 unspecified atom stereocenters. The molecule has 3 aromatic rings. The number of benzene rings is 2. The van der Waals surface area contributed by atoms with Crippen molar-refractivity contribution in [2.24, 2.45) is 0 Å². The number of hydrogen-bond acceptors (Lipinski definition) is 4. The number of amides is 1. The van der Waals surface area contributed by atoms with Gasteiger partial charge in [-0.25, -0.2) is 4.39 Å². The summed E-state index contributed by atoms with van der Waals surface area (Å²) >= 11 is 0.557. The van der Waals surface area contributed by atoms with E-state index in [1.807, 2.05) is 0 Å². The van der Waals surface area contributed by atoms with E-state index in [1.54, 1.807) is 19.1 Å². The second kappa shape index (κ2) is 5.99. The molecule has 1 atom stereocenters. The lowest BCUT2D eigenvalue weighted by Gasteiger charge is -2.28. The molecule has 7 heteroatoms. The van der Waals surface area contributed by atoms with E-state index in [1.165, 1.54) is 36.4 Å². The fraction of sp³-hybridized carbons (Fsp3) is 0.100. The Kier molecular flexibility index (Phi) is 3.85. The molecule has 1 aliphatic rings. The maximum atomic E-state index is 15.7. The molecule has 1 aromatic heterocycles. The number of carbonyl (C=O) groups is 2. The third kappa shape index (κ3) is 2.46. The van der Waals surface area contributed by atoms with Gasteiger partial charge in [-0.05, 0) is 24.1 Å². The van der Waals surface area contributed by atoms with Crippen molar-refractivity contribution >= 4 is 28.0 Å². The van der Waals surface area contributed by atoms with Crippen LogP contribution in [-0.4, -0.2) is 16.8 Å². The Bertz CT molecular complexity index is 1090. The molecule has 2 N–H and O–H groups in total. The van der Waals surface area contributed by atoms with Crippen LogP contribution in [0.2, 0.25) is 0 Å². The number of anilines is 1. The monoisotopic (exact) mass is 385 g/mol. The minimum Gasteiger partial charge on any atom is -0.508 e. The average molecular weight is 385 g/mol. The average Bonchev–Trinajstić information content (AvgIpc) is 2.98. The summed E-state index contributed by atoms with van der Waals surface area (Å²) in [6.07, 6.45) is 0. The first kappa shape index (κ1) is 17.4. The smallest absolute Gasteiger partial charge is 0.275 e. The molecule has 0 saturated heterocycles. The molecule has 0 aliphatic carbocycles. The Morgan fingerprint density at radius 2 is 1.78 bits per heavy atom. The summed E-state index contributed by atoms with van der Waals surface area (Å²) in [5, 5.41) is 11.5. The number of fused-ring (bicyclic) bond motifs is 1. The minimum absolute atomic E-state index is 0.0400. The maximum absolute atomic E-state index is 15.7. The lowest BCUT2D eigenvalue weighted by Crippen LogP contribution is -2.47. The van der Waals surface area contributed by atoms with E-state index < -0.39 is 22.5 Å². The van der Waals surface area contributed by atoms with Gasteiger partial charge in [-0.15, -0.1) is 0 Å². The van der Waals surface area contributed by atoms with E-state index in [0.29, 0.717) is 16.9 Å². The van der Waals surface area contributed by atoms with Gasteiger partial charge in [-0.2, -0.15) is 4.39 Å². The van der Waals surface area contributed by atoms with Crippen LogP contribution in [-0.2, 0) is 10.5 Å². The Hall–Kier alpha value is -3.06. The van der Waals surface area contributed by atoms with Crippen molar-refractivity contribution < 1.29 is 23.5 Å². The van der Waals surface area contributed by atoms with Gasteiger partial charge in [0, 0.05) is 11.1 Å². The number of phenols is 1. The summed E-state index contributed by atoms with van der Waals surface area (Å²) < 4.78 is 30.3. The van der Waals surface area contributed by atoms with Gasteiger partial charge in [-0.3, -0.25) is 9.59 Å². The van der Waals surface area contributed by atoms with E-state index in [0.717, 1.165) is 0 Å². The molecule has 0 spiro atoms. The molecule has 0 bridgehead atoms. The van der Waals surface area contributed by atoms with Crippen LogP contribution < -0.4 is 5.32 Å². The number of phenolic OH excluding ortho intramolecular Hbond substituents is 1. The van der Waals surface area contributed by atoms with Gasteiger partial charge in [0.25, 0.3) is 11.6 Å². The van der Waals surface area contributed by atoms with Crippen molar-refractivity contribution in [2.75, 3.05) is 5.32 Å². The molecule has 27 heavy (non-hydrogen) atoms. The second-order valence-electron chi connectivity index (χ2n) is 6.26. The van der Waals surface area contributed by atoms with Crippen LogP contribution in [0.4, 0.5) is 13.8 Å². The highest BCUT2D eigenvalue weighted by Crippen LogP contribution is 2.47. The Morgan fingerprint density at radius 3 is 2.44 bits per heavy atom. The van der Waals surface area contributed by atoms with Gasteiger partial charge in [0.1, 0.15) is 10.8 Å². The summed E-state index contributed by atoms with van der Waals surface area (Å²) in [4.78, 5) is 25.4. The van der Waals surface area contributed by atoms with Crippen molar-refractivity contribution in [2.45, 2.75) is 12.6 Å². The van der Waals surface area contributed by atoms with Crippen LogP contribution in [0.25, 0.3) is 11.1 Å². The first-order chi connectivity index (χ1) is 12.8. The fourth-order valence-electron chi connectivity index (χ4n) is 3.13. The van der Waals surface area contributed by atoms with Crippen LogP contribution in [0.5, 0.6) is 5.75 Å². The minimum atomic E-state index is -2.96. The predicted octanol–water partition coefficient (Wildman–Crippen LogP) is 4.57. The number of aryl methyl sites for hydroxylation is 1. The van der Waals surface area contributed by atoms with Crippen LogP contribution in [0.15, 0.2) is 48.5 Å². The van der Waals surface area contributed by atoms with Crippen molar-refractivity contribution in [3.05, 3.63) is 70.4 Å². The molecule has 2 aromatic carbocycles. The van der Waals surface area contributed by atoms with Gasteiger partial charge in [0.15, 0.2) is 5.13 Å². The van der Waals surface area contributed by atoms with E-state index >= 15 is 4.39 Å². The van der Waals surface area contributed by atoms with Crippen molar-refractivity contribution in [1.82, 2.24) is 0 Å². The van der Waals surface area contributed by atoms with Crippen molar-refractivity contribution in [1.29, 1.82) is 0 Å². The molecule has 2 heterocycles. The predicted molar refractivity (Wildman–Crippen MR) is 98.3 cm³/mol. The number of halogens is 2. The number of carbonyl (C=O) groups excluding carboxylic acids is 2. The third-order valence-corrected chi connectivity index (χ3v) is 5.51. The van der Waals surface area contributed by atoms with E-state index in [-0.39, 0.29) is 33.0 Å². The number of Topliss-reactive ketones (excluding diaryl/α,β-unsaturated/α-hetero) is 1. The summed E-state index contributed by atoms with van der Waals surface area (Å²) in [7, 11) is 0. The summed E-state index contributed by atoms with van der Waals surface area (Å²) in [6.45, 7) is 1.67. The molecule has 4 rings (SSSR count). The first-order valence-electron chi connectivity index (χ1n) is 8.07. The quantitative estimate of drug-likeness (QED) is 0.635. The molecule has 136 valence electrons. The number of nitrogens with one attached hydrogen (secondary N) is 1. The maximum Gasteiger partial charge on any atom is 0.275 e. The zero-order valence-electron chi connectivity index (χ0n) is 14.0. The molecule has 0 saturated carbocycles. The highest BCUT2D eigenvalue weighted by molar-refractivity contribution is 7.15. The molecule has 1 amide bonds. The highest BCUT2D eigenvalue weighted by Gasteiger charge is 2.54. The molecular weight excluding hydrogens is 372 g/mol. The number of thiophene rings is 1. The third-order valence-electron chi connectivity index (χ3n) is 4.61. The molecule has 4 nitrogen and oxygen atoms in total. The van der Waals surface area contributed by atoms with Gasteiger partial charge in [0.2, 0.25) is 5.78 Å². The molecule has 0 fully saturated rings. The van der Waals surface area contributed by atoms with Crippen LogP contribution in [0.1, 0.15) is 21.5 Å². The van der Waals surface area contributed by atoms with Gasteiger partial charge in [0.05, 0.1) is 5.56 Å². The highest BCUT2D eigenvalue weighted by atomic mass is 32.1. The summed E-state index contributed by atoms with van der Waals surface area (Å²) in [5.41, 5.74) is -2.63. The van der Waals surface area contributed by atoms with Crippen LogP contribution in [0, 0.1) is 12.1 Å². The SMILES string of the molecule is Cc1ccc(-c2c(F)sc3c2C(=O)C(F)(c2ccccc2)C(=O)N3)cc1O. The van der Waals surface area contributed by atoms with Gasteiger partial charge in [-0.1, -0.05) is 53.8 Å². The topological polar surface area (TPSA) is 66.4 Å². The summed E-state index contributed by atoms with van der Waals surface area (Å²) in [6, 6.07) is 11.7. The summed E-state index contributed by atoms with van der Waals surface area (Å²) in [5.74, 6) is -2.35. The van der Waals surface area contributed by atoms with E-state index in [2.05, 4.69) is 5.32 Å². The van der Waals surface area contributed by atoms with Crippen molar-refractivity contribution in [3.63, 3.8) is 0 Å².